The molecular weight excluding hydrogens is 413 g/mol. The third-order valence-electron chi connectivity index (χ3n) is 5.12. The van der Waals surface area contributed by atoms with Crippen molar-refractivity contribution < 1.29 is 4.79 Å². The molecule has 8 heteroatoms. The van der Waals surface area contributed by atoms with E-state index in [4.69, 9.17) is 11.6 Å². The fraction of sp³-hybridized carbons (Fsp3) is 0.444. The summed E-state index contributed by atoms with van der Waals surface area (Å²) in [6.45, 7) is 3.89. The highest BCUT2D eigenvalue weighted by molar-refractivity contribution is 7.13. The Bertz CT molecular complexity index is 724. The van der Waals surface area contributed by atoms with Crippen molar-refractivity contribution in [1.29, 1.82) is 0 Å². The van der Waals surface area contributed by atoms with Gasteiger partial charge < -0.3 is 10.2 Å². The highest BCUT2D eigenvalue weighted by atomic mass is 35.5. The highest BCUT2D eigenvalue weighted by Gasteiger charge is 2.32. The number of likely N-dealkylation sites (tertiary alicyclic amines) is 1. The number of carbonyl (C=O) groups excluding carboxylic acids is 1. The Balaban J connectivity index is 0.00000121. The fourth-order valence-electron chi connectivity index (χ4n) is 3.68. The molecule has 0 aliphatic carbocycles. The van der Waals surface area contributed by atoms with Crippen molar-refractivity contribution in [1.82, 2.24) is 15.2 Å². The molecule has 1 aromatic heterocycles. The zero-order chi connectivity index (χ0) is 16.5. The van der Waals surface area contributed by atoms with Crippen LogP contribution >= 0.6 is 47.8 Å². The van der Waals surface area contributed by atoms with Crippen LogP contribution < -0.4 is 5.32 Å². The number of benzene rings is 1. The first-order valence-corrected chi connectivity index (χ1v) is 9.68. The van der Waals surface area contributed by atoms with Gasteiger partial charge in [-0.1, -0.05) is 23.7 Å². The Morgan fingerprint density at radius 1 is 1.12 bits per heavy atom. The van der Waals surface area contributed by atoms with E-state index in [-0.39, 0.29) is 30.7 Å². The molecule has 1 N–H and O–H groups in total. The zero-order valence-electron chi connectivity index (χ0n) is 14.2. The maximum atomic E-state index is 12.8. The average molecular weight is 435 g/mol. The Hall–Kier alpha value is -0.850. The number of carbonyl (C=O) groups is 1. The fourth-order valence-corrected chi connectivity index (χ4v) is 4.61. The number of aromatic nitrogens is 1. The van der Waals surface area contributed by atoms with Crippen LogP contribution in [-0.2, 0) is 0 Å². The molecule has 1 amide bonds. The molecule has 1 aromatic carbocycles. The molecule has 0 bridgehead atoms. The summed E-state index contributed by atoms with van der Waals surface area (Å²) in [7, 11) is 0. The lowest BCUT2D eigenvalue weighted by molar-refractivity contribution is 0.0753. The van der Waals surface area contributed by atoms with Gasteiger partial charge in [0.2, 0.25) is 0 Å². The van der Waals surface area contributed by atoms with Crippen LogP contribution in [0.2, 0.25) is 5.02 Å². The number of fused-ring (bicyclic) bond motifs is 1. The molecule has 26 heavy (non-hydrogen) atoms. The summed E-state index contributed by atoms with van der Waals surface area (Å²) in [5, 5.41) is 6.92. The summed E-state index contributed by atoms with van der Waals surface area (Å²) in [5.74, 6) is 1.52. The van der Waals surface area contributed by atoms with Crippen molar-refractivity contribution >= 4 is 53.7 Å². The average Bonchev–Trinajstić information content (AvgIpc) is 3.21. The Morgan fingerprint density at radius 2 is 1.73 bits per heavy atom. The van der Waals surface area contributed by atoms with E-state index in [1.54, 1.807) is 0 Å². The van der Waals surface area contributed by atoms with E-state index >= 15 is 0 Å². The highest BCUT2D eigenvalue weighted by Crippen LogP contribution is 2.29. The minimum absolute atomic E-state index is 0. The molecule has 0 radical (unpaired) electrons. The minimum atomic E-state index is 0. The van der Waals surface area contributed by atoms with Gasteiger partial charge in [0.1, 0.15) is 10.7 Å². The van der Waals surface area contributed by atoms with E-state index in [1.165, 1.54) is 11.3 Å². The van der Waals surface area contributed by atoms with Crippen LogP contribution in [-0.4, -0.2) is 42.0 Å². The first kappa shape index (κ1) is 21.5. The molecule has 2 saturated heterocycles. The van der Waals surface area contributed by atoms with Crippen LogP contribution in [0.4, 0.5) is 0 Å². The molecule has 2 fully saturated rings. The number of rotatable bonds is 2. The molecule has 4 nitrogen and oxygen atoms in total. The van der Waals surface area contributed by atoms with Gasteiger partial charge >= 0.3 is 0 Å². The van der Waals surface area contributed by atoms with E-state index in [9.17, 15) is 4.79 Å². The van der Waals surface area contributed by atoms with Gasteiger partial charge in [-0.25, -0.2) is 4.98 Å². The zero-order valence-corrected chi connectivity index (χ0v) is 17.4. The molecular formula is C18H22Cl3N3OS. The van der Waals surface area contributed by atoms with Gasteiger partial charge in [-0.2, -0.15) is 0 Å². The lowest BCUT2D eigenvalue weighted by Crippen LogP contribution is -2.33. The summed E-state index contributed by atoms with van der Waals surface area (Å²) in [6.07, 6.45) is 2.19. The molecule has 0 spiro atoms. The molecule has 2 aliphatic heterocycles. The van der Waals surface area contributed by atoms with Crippen molar-refractivity contribution in [3.63, 3.8) is 0 Å². The van der Waals surface area contributed by atoms with E-state index in [0.29, 0.717) is 10.7 Å². The summed E-state index contributed by atoms with van der Waals surface area (Å²) in [6, 6.07) is 7.58. The van der Waals surface area contributed by atoms with Gasteiger partial charge in [0.25, 0.3) is 5.91 Å². The van der Waals surface area contributed by atoms with Gasteiger partial charge in [-0.15, -0.1) is 36.2 Å². The topological polar surface area (TPSA) is 45.2 Å². The molecule has 0 unspecified atom stereocenters. The molecule has 3 heterocycles. The molecule has 4 rings (SSSR count). The minimum Gasteiger partial charge on any atom is -0.337 e. The maximum absolute atomic E-state index is 12.8. The third-order valence-corrected chi connectivity index (χ3v) is 6.26. The van der Waals surface area contributed by atoms with Crippen molar-refractivity contribution in [2.45, 2.75) is 12.8 Å². The van der Waals surface area contributed by atoms with Crippen molar-refractivity contribution in [2.24, 2.45) is 11.8 Å². The summed E-state index contributed by atoms with van der Waals surface area (Å²) < 4.78 is 0. The van der Waals surface area contributed by atoms with Crippen LogP contribution in [0, 0.1) is 11.8 Å². The Kier molecular flexibility index (Phi) is 7.74. The van der Waals surface area contributed by atoms with Crippen molar-refractivity contribution in [3.05, 3.63) is 40.4 Å². The van der Waals surface area contributed by atoms with Crippen LogP contribution in [0.1, 0.15) is 23.3 Å². The van der Waals surface area contributed by atoms with E-state index in [1.807, 2.05) is 34.5 Å². The number of thiazole rings is 1. The van der Waals surface area contributed by atoms with Crippen LogP contribution in [0.3, 0.4) is 0 Å². The second kappa shape index (κ2) is 9.38. The standard InChI is InChI=1S/C18H20ClN3OS.2ClH/c19-15-3-1-12(2-4-15)17-21-16(11-24-17)18(23)22-7-5-13-9-20-10-14(13)6-8-22;;/h1-4,11,13-14,20H,5-10H2;2*1H/t13-,14+;;. The van der Waals surface area contributed by atoms with Crippen LogP contribution in [0.5, 0.6) is 0 Å². The first-order valence-electron chi connectivity index (χ1n) is 8.42. The SMILES string of the molecule is Cl.Cl.O=C(c1csc(-c2ccc(Cl)cc2)n1)N1CC[C@@H]2CNC[C@@H]2CC1. The normalized spacial score (nSPS) is 22.0. The van der Waals surface area contributed by atoms with Gasteiger partial charge in [-0.3, -0.25) is 4.79 Å². The summed E-state index contributed by atoms with van der Waals surface area (Å²) in [5.41, 5.74) is 1.56. The second-order valence-electron chi connectivity index (χ2n) is 6.59. The van der Waals surface area contributed by atoms with E-state index in [0.717, 1.165) is 61.4 Å². The van der Waals surface area contributed by atoms with Gasteiger partial charge in [0.05, 0.1) is 0 Å². The number of nitrogens with zero attached hydrogens (tertiary/aromatic N) is 2. The third kappa shape index (κ3) is 4.52. The van der Waals surface area contributed by atoms with E-state index in [2.05, 4.69) is 10.3 Å². The van der Waals surface area contributed by atoms with Crippen LogP contribution in [0.25, 0.3) is 10.6 Å². The maximum Gasteiger partial charge on any atom is 0.273 e. The van der Waals surface area contributed by atoms with Crippen molar-refractivity contribution in [2.75, 3.05) is 26.2 Å². The first-order chi connectivity index (χ1) is 11.7. The summed E-state index contributed by atoms with van der Waals surface area (Å²) >= 11 is 7.44. The molecule has 0 saturated carbocycles. The second-order valence-corrected chi connectivity index (χ2v) is 7.89. The summed E-state index contributed by atoms with van der Waals surface area (Å²) in [4.78, 5) is 19.3. The number of halogens is 3. The van der Waals surface area contributed by atoms with Crippen molar-refractivity contribution in [3.8, 4) is 10.6 Å². The predicted molar refractivity (Wildman–Crippen MR) is 112 cm³/mol. The van der Waals surface area contributed by atoms with E-state index < -0.39 is 0 Å². The smallest absolute Gasteiger partial charge is 0.273 e. The Labute approximate surface area is 175 Å². The molecule has 2 aliphatic rings. The predicted octanol–water partition coefficient (Wildman–Crippen LogP) is 4.38. The molecule has 2 aromatic rings. The van der Waals surface area contributed by atoms with Gasteiger partial charge in [0.15, 0.2) is 0 Å². The largest absolute Gasteiger partial charge is 0.337 e. The molecule has 142 valence electrons. The van der Waals surface area contributed by atoms with Crippen LogP contribution in [0.15, 0.2) is 29.6 Å². The lowest BCUT2D eigenvalue weighted by atomic mass is 9.92. The monoisotopic (exact) mass is 433 g/mol. The van der Waals surface area contributed by atoms with Gasteiger partial charge in [0, 0.05) is 29.1 Å². The quantitative estimate of drug-likeness (QED) is 0.763. The van der Waals surface area contributed by atoms with Gasteiger partial charge in [-0.05, 0) is 49.9 Å². The Morgan fingerprint density at radius 3 is 2.35 bits per heavy atom. The number of amides is 1. The molecule has 2 atom stereocenters. The number of hydrogen-bond acceptors (Lipinski definition) is 4. The number of hydrogen-bond donors (Lipinski definition) is 1. The number of nitrogens with one attached hydrogen (secondary N) is 1. The lowest BCUT2D eigenvalue weighted by Gasteiger charge is -2.19.